The second-order valence-electron chi connectivity index (χ2n) is 4.45. The van der Waals surface area contributed by atoms with Gasteiger partial charge >= 0.3 is 6.18 Å². The van der Waals surface area contributed by atoms with Crippen LogP contribution in [-0.2, 0) is 6.18 Å². The molecule has 0 spiro atoms. The zero-order chi connectivity index (χ0) is 14.6. The summed E-state index contributed by atoms with van der Waals surface area (Å²) in [6, 6.07) is 0.974. The molecule has 2 N–H and O–H groups in total. The summed E-state index contributed by atoms with van der Waals surface area (Å²) in [5, 5.41) is 0. The molecular formula is C12H17BrF3N3. The normalized spacial score (nSPS) is 12.0. The number of anilines is 1. The third-order valence-electron chi connectivity index (χ3n) is 2.64. The van der Waals surface area contributed by atoms with Crippen LogP contribution in [0.4, 0.5) is 19.0 Å². The third-order valence-corrected chi connectivity index (χ3v) is 3.07. The van der Waals surface area contributed by atoms with E-state index in [1.54, 1.807) is 4.90 Å². The Morgan fingerprint density at radius 1 is 1.42 bits per heavy atom. The van der Waals surface area contributed by atoms with Crippen LogP contribution in [-0.4, -0.2) is 24.1 Å². The number of alkyl halides is 3. The Balaban J connectivity index is 3.22. The molecule has 0 unspecified atom stereocenters. The van der Waals surface area contributed by atoms with Gasteiger partial charge in [-0.15, -0.1) is 0 Å². The minimum absolute atomic E-state index is 0.0425. The molecule has 108 valence electrons. The van der Waals surface area contributed by atoms with E-state index >= 15 is 0 Å². The van der Waals surface area contributed by atoms with Crippen molar-refractivity contribution in [1.82, 2.24) is 4.98 Å². The van der Waals surface area contributed by atoms with Gasteiger partial charge in [-0.25, -0.2) is 4.98 Å². The Bertz CT molecular complexity index is 421. The van der Waals surface area contributed by atoms with Crippen LogP contribution in [0.1, 0.15) is 25.8 Å². The standard InChI is InChI=1S/C12H17BrF3N3/c1-8(2)19(5-3-4-17)11-10(12(14,15)16)6-9(13)7-18-11/h6-8H,3-5,17H2,1-2H3. The lowest BCUT2D eigenvalue weighted by atomic mass is 10.2. The predicted molar refractivity (Wildman–Crippen MR) is 73.1 cm³/mol. The lowest BCUT2D eigenvalue weighted by molar-refractivity contribution is -0.137. The first-order valence-corrected chi connectivity index (χ1v) is 6.76. The van der Waals surface area contributed by atoms with Crippen molar-refractivity contribution < 1.29 is 13.2 Å². The number of hydrogen-bond acceptors (Lipinski definition) is 3. The van der Waals surface area contributed by atoms with Crippen molar-refractivity contribution in [3.05, 3.63) is 22.3 Å². The number of hydrogen-bond donors (Lipinski definition) is 1. The van der Waals surface area contributed by atoms with E-state index in [0.29, 0.717) is 24.0 Å². The summed E-state index contributed by atoms with van der Waals surface area (Å²) in [7, 11) is 0. The first kappa shape index (κ1) is 16.2. The smallest absolute Gasteiger partial charge is 0.354 e. The van der Waals surface area contributed by atoms with Gasteiger partial charge in [0.15, 0.2) is 0 Å². The second-order valence-corrected chi connectivity index (χ2v) is 5.37. The topological polar surface area (TPSA) is 42.1 Å². The van der Waals surface area contributed by atoms with Crippen molar-refractivity contribution in [2.75, 3.05) is 18.0 Å². The lowest BCUT2D eigenvalue weighted by Crippen LogP contribution is -2.35. The zero-order valence-electron chi connectivity index (χ0n) is 10.8. The molecule has 7 heteroatoms. The van der Waals surface area contributed by atoms with Crippen LogP contribution >= 0.6 is 15.9 Å². The largest absolute Gasteiger partial charge is 0.419 e. The maximum atomic E-state index is 13.1. The van der Waals surface area contributed by atoms with Gasteiger partial charge in [0.1, 0.15) is 5.82 Å². The first-order chi connectivity index (χ1) is 8.77. The number of nitrogens with two attached hydrogens (primary N) is 1. The number of aromatic nitrogens is 1. The van der Waals surface area contributed by atoms with Gasteiger partial charge in [0, 0.05) is 23.3 Å². The van der Waals surface area contributed by atoms with Crippen LogP contribution < -0.4 is 10.6 Å². The van der Waals surface area contributed by atoms with E-state index in [0.717, 1.165) is 6.07 Å². The van der Waals surface area contributed by atoms with Crippen molar-refractivity contribution in [3.8, 4) is 0 Å². The molecule has 0 aliphatic carbocycles. The first-order valence-electron chi connectivity index (χ1n) is 5.96. The highest BCUT2D eigenvalue weighted by molar-refractivity contribution is 9.10. The molecule has 0 saturated carbocycles. The van der Waals surface area contributed by atoms with E-state index < -0.39 is 11.7 Å². The fourth-order valence-electron chi connectivity index (χ4n) is 1.74. The van der Waals surface area contributed by atoms with Gasteiger partial charge in [-0.05, 0) is 48.8 Å². The summed E-state index contributed by atoms with van der Waals surface area (Å²) < 4.78 is 39.5. The van der Waals surface area contributed by atoms with Crippen molar-refractivity contribution >= 4 is 21.7 Å². The monoisotopic (exact) mass is 339 g/mol. The average molecular weight is 340 g/mol. The molecule has 0 aliphatic rings. The summed E-state index contributed by atoms with van der Waals surface area (Å²) in [6.45, 7) is 4.55. The minimum atomic E-state index is -4.43. The molecule has 19 heavy (non-hydrogen) atoms. The molecule has 0 aliphatic heterocycles. The predicted octanol–water partition coefficient (Wildman–Crippen LogP) is 3.43. The van der Waals surface area contributed by atoms with E-state index in [1.807, 2.05) is 13.8 Å². The lowest BCUT2D eigenvalue weighted by Gasteiger charge is -2.30. The van der Waals surface area contributed by atoms with Gasteiger partial charge in [-0.1, -0.05) is 0 Å². The summed E-state index contributed by atoms with van der Waals surface area (Å²) in [6.07, 6.45) is -2.43. The Hall–Kier alpha value is -0.820. The minimum Gasteiger partial charge on any atom is -0.354 e. The van der Waals surface area contributed by atoms with Crippen molar-refractivity contribution in [2.45, 2.75) is 32.5 Å². The Morgan fingerprint density at radius 3 is 2.53 bits per heavy atom. The maximum absolute atomic E-state index is 13.1. The van der Waals surface area contributed by atoms with Crippen LogP contribution in [0.3, 0.4) is 0 Å². The third kappa shape index (κ3) is 4.35. The molecule has 0 radical (unpaired) electrons. The fraction of sp³-hybridized carbons (Fsp3) is 0.583. The number of pyridine rings is 1. The van der Waals surface area contributed by atoms with Gasteiger partial charge in [-0.3, -0.25) is 0 Å². The van der Waals surface area contributed by atoms with Crippen LogP contribution in [0.25, 0.3) is 0 Å². The molecule has 0 atom stereocenters. The zero-order valence-corrected chi connectivity index (χ0v) is 12.4. The van der Waals surface area contributed by atoms with Crippen LogP contribution in [0, 0.1) is 0 Å². The second kappa shape index (κ2) is 6.56. The number of halogens is 4. The summed E-state index contributed by atoms with van der Waals surface area (Å²) in [4.78, 5) is 5.56. The van der Waals surface area contributed by atoms with E-state index in [2.05, 4.69) is 20.9 Å². The maximum Gasteiger partial charge on any atom is 0.419 e. The molecule has 0 amide bonds. The fourth-order valence-corrected chi connectivity index (χ4v) is 2.07. The van der Waals surface area contributed by atoms with Gasteiger partial charge < -0.3 is 10.6 Å². The highest BCUT2D eigenvalue weighted by Gasteiger charge is 2.36. The molecule has 0 aromatic carbocycles. The van der Waals surface area contributed by atoms with Crippen molar-refractivity contribution in [1.29, 1.82) is 0 Å². The highest BCUT2D eigenvalue weighted by atomic mass is 79.9. The molecule has 0 bridgehead atoms. The van der Waals surface area contributed by atoms with Crippen molar-refractivity contribution in [3.63, 3.8) is 0 Å². The Labute approximate surface area is 119 Å². The van der Waals surface area contributed by atoms with Crippen LogP contribution in [0.2, 0.25) is 0 Å². The Morgan fingerprint density at radius 2 is 2.05 bits per heavy atom. The van der Waals surface area contributed by atoms with Crippen LogP contribution in [0.5, 0.6) is 0 Å². The van der Waals surface area contributed by atoms with Gasteiger partial charge in [0.05, 0.1) is 5.56 Å². The SMILES string of the molecule is CC(C)N(CCCN)c1ncc(Br)cc1C(F)(F)F. The Kier molecular flexibility index (Phi) is 5.61. The summed E-state index contributed by atoms with van der Waals surface area (Å²) in [5.41, 5.74) is 4.70. The van der Waals surface area contributed by atoms with E-state index in [-0.39, 0.29) is 11.9 Å². The van der Waals surface area contributed by atoms with E-state index in [1.165, 1.54) is 6.20 Å². The van der Waals surface area contributed by atoms with Crippen LogP contribution in [0.15, 0.2) is 16.7 Å². The molecular weight excluding hydrogens is 323 g/mol. The van der Waals surface area contributed by atoms with Gasteiger partial charge in [-0.2, -0.15) is 13.2 Å². The number of rotatable bonds is 5. The molecule has 1 heterocycles. The highest BCUT2D eigenvalue weighted by Crippen LogP contribution is 2.37. The molecule has 3 nitrogen and oxygen atoms in total. The molecule has 0 saturated heterocycles. The number of nitrogens with zero attached hydrogens (tertiary/aromatic N) is 2. The molecule has 1 aromatic rings. The van der Waals surface area contributed by atoms with Gasteiger partial charge in [0.2, 0.25) is 0 Å². The molecule has 1 rings (SSSR count). The molecule has 1 aromatic heterocycles. The van der Waals surface area contributed by atoms with E-state index in [9.17, 15) is 13.2 Å². The average Bonchev–Trinajstić information content (AvgIpc) is 2.29. The summed E-state index contributed by atoms with van der Waals surface area (Å²) >= 11 is 3.03. The van der Waals surface area contributed by atoms with E-state index in [4.69, 9.17) is 5.73 Å². The quantitative estimate of drug-likeness (QED) is 0.893. The van der Waals surface area contributed by atoms with Gasteiger partial charge in [0.25, 0.3) is 0 Å². The summed E-state index contributed by atoms with van der Waals surface area (Å²) in [5.74, 6) is -0.0425. The van der Waals surface area contributed by atoms with Crippen molar-refractivity contribution in [2.24, 2.45) is 5.73 Å². The molecule has 0 fully saturated rings.